The predicted molar refractivity (Wildman–Crippen MR) is 61.4 cm³/mol. The Morgan fingerprint density at radius 1 is 1.40 bits per heavy atom. The summed E-state index contributed by atoms with van der Waals surface area (Å²) >= 11 is 0. The van der Waals surface area contributed by atoms with Gasteiger partial charge in [-0.3, -0.25) is 0 Å². The smallest absolute Gasteiger partial charge is 0.209 e. The average Bonchev–Trinajstić information content (AvgIpc) is 1.98. The minimum atomic E-state index is -3.16. The Hall–Kier alpha value is -0.170. The van der Waals surface area contributed by atoms with Crippen molar-refractivity contribution >= 4 is 10.0 Å². The van der Waals surface area contributed by atoms with E-state index in [9.17, 15) is 8.42 Å². The molecule has 0 fully saturated rings. The van der Waals surface area contributed by atoms with Crippen molar-refractivity contribution in [3.8, 4) is 0 Å². The quantitative estimate of drug-likeness (QED) is 0.652. The van der Waals surface area contributed by atoms with Crippen molar-refractivity contribution in [2.45, 2.75) is 32.4 Å². The maximum Gasteiger partial charge on any atom is 0.209 e. The molecule has 6 heteroatoms. The molecule has 92 valence electrons. The molecule has 0 aliphatic heterocycles. The fourth-order valence-corrected chi connectivity index (χ4v) is 2.29. The predicted octanol–water partition coefficient (Wildman–Crippen LogP) is -0.0613. The number of sulfonamides is 1. The molecule has 0 aliphatic carbocycles. The van der Waals surface area contributed by atoms with Gasteiger partial charge in [-0.1, -0.05) is 0 Å². The minimum absolute atomic E-state index is 0.124. The van der Waals surface area contributed by atoms with Crippen LogP contribution in [0.25, 0.3) is 0 Å². The van der Waals surface area contributed by atoms with Crippen LogP contribution in [0.5, 0.6) is 0 Å². The third-order valence-corrected chi connectivity index (χ3v) is 2.79. The molecule has 0 radical (unpaired) electrons. The van der Waals surface area contributed by atoms with Crippen LogP contribution in [-0.2, 0) is 14.8 Å². The Labute approximate surface area is 92.6 Å². The molecule has 15 heavy (non-hydrogen) atoms. The van der Waals surface area contributed by atoms with Gasteiger partial charge in [0, 0.05) is 25.7 Å². The van der Waals surface area contributed by atoms with E-state index in [0.29, 0.717) is 13.1 Å². The van der Waals surface area contributed by atoms with E-state index < -0.39 is 15.6 Å². The molecule has 0 amide bonds. The van der Waals surface area contributed by atoms with Crippen LogP contribution in [0.1, 0.15) is 20.8 Å². The fraction of sp³-hybridized carbons (Fsp3) is 1.00. The largest absolute Gasteiger partial charge is 0.380 e. The molecule has 0 spiro atoms. The van der Waals surface area contributed by atoms with Gasteiger partial charge in [-0.05, 0) is 20.8 Å². The molecule has 0 aromatic rings. The van der Waals surface area contributed by atoms with Gasteiger partial charge in [0.2, 0.25) is 10.0 Å². The lowest BCUT2D eigenvalue weighted by molar-refractivity contribution is 0.116. The van der Waals surface area contributed by atoms with E-state index >= 15 is 0 Å². The minimum Gasteiger partial charge on any atom is -0.380 e. The van der Waals surface area contributed by atoms with Crippen molar-refractivity contribution in [2.75, 3.05) is 26.5 Å². The number of ether oxygens (including phenoxy) is 1. The van der Waals surface area contributed by atoms with Crippen LogP contribution < -0.4 is 10.0 Å². The standard InChI is InChI=1S/C9H22N2O3S/c1-8(14-4)6-10-7-9(2,3)11-15(5,12)13/h8,10-11H,6-7H2,1-5H3. The summed E-state index contributed by atoms with van der Waals surface area (Å²) < 4.78 is 29.7. The summed E-state index contributed by atoms with van der Waals surface area (Å²) in [6, 6.07) is 0. The van der Waals surface area contributed by atoms with Gasteiger partial charge in [0.05, 0.1) is 12.4 Å². The van der Waals surface area contributed by atoms with Crippen molar-refractivity contribution in [1.82, 2.24) is 10.0 Å². The van der Waals surface area contributed by atoms with Gasteiger partial charge in [-0.25, -0.2) is 13.1 Å². The van der Waals surface area contributed by atoms with Crippen molar-refractivity contribution < 1.29 is 13.2 Å². The number of hydrogen-bond donors (Lipinski definition) is 2. The van der Waals surface area contributed by atoms with E-state index in [2.05, 4.69) is 10.0 Å². The first-order valence-corrected chi connectivity index (χ1v) is 6.78. The van der Waals surface area contributed by atoms with Crippen LogP contribution >= 0.6 is 0 Å². The monoisotopic (exact) mass is 238 g/mol. The number of nitrogens with one attached hydrogen (secondary N) is 2. The number of hydrogen-bond acceptors (Lipinski definition) is 4. The molecule has 2 N–H and O–H groups in total. The molecule has 0 aromatic heterocycles. The van der Waals surface area contributed by atoms with Crippen molar-refractivity contribution in [2.24, 2.45) is 0 Å². The molecule has 5 nitrogen and oxygen atoms in total. The highest BCUT2D eigenvalue weighted by atomic mass is 32.2. The van der Waals surface area contributed by atoms with E-state index in [-0.39, 0.29) is 6.10 Å². The van der Waals surface area contributed by atoms with E-state index in [4.69, 9.17) is 4.74 Å². The first-order chi connectivity index (χ1) is 6.66. The van der Waals surface area contributed by atoms with Crippen LogP contribution in [0.3, 0.4) is 0 Å². The van der Waals surface area contributed by atoms with Gasteiger partial charge in [-0.2, -0.15) is 0 Å². The normalized spacial score (nSPS) is 15.3. The lowest BCUT2D eigenvalue weighted by Crippen LogP contribution is -2.50. The summed E-state index contributed by atoms with van der Waals surface area (Å²) in [4.78, 5) is 0. The fourth-order valence-electron chi connectivity index (χ4n) is 1.21. The van der Waals surface area contributed by atoms with Gasteiger partial charge in [-0.15, -0.1) is 0 Å². The lowest BCUT2D eigenvalue weighted by Gasteiger charge is -2.26. The lowest BCUT2D eigenvalue weighted by atomic mass is 10.1. The highest BCUT2D eigenvalue weighted by molar-refractivity contribution is 7.88. The summed E-state index contributed by atoms with van der Waals surface area (Å²) in [7, 11) is -1.51. The van der Waals surface area contributed by atoms with Gasteiger partial charge < -0.3 is 10.1 Å². The Kier molecular flexibility index (Phi) is 5.72. The average molecular weight is 238 g/mol. The number of rotatable bonds is 7. The van der Waals surface area contributed by atoms with Crippen LogP contribution in [0, 0.1) is 0 Å². The first kappa shape index (κ1) is 14.8. The van der Waals surface area contributed by atoms with E-state index in [1.54, 1.807) is 7.11 Å². The second-order valence-corrected chi connectivity index (χ2v) is 6.18. The molecular formula is C9H22N2O3S. The zero-order valence-corrected chi connectivity index (χ0v) is 10.9. The summed E-state index contributed by atoms with van der Waals surface area (Å²) in [5, 5.41) is 3.15. The second-order valence-electron chi connectivity index (χ2n) is 4.44. The summed E-state index contributed by atoms with van der Waals surface area (Å²) in [6.45, 7) is 6.88. The third kappa shape index (κ3) is 8.80. The Morgan fingerprint density at radius 3 is 2.33 bits per heavy atom. The molecule has 0 aromatic carbocycles. The van der Waals surface area contributed by atoms with Gasteiger partial charge in [0.25, 0.3) is 0 Å². The van der Waals surface area contributed by atoms with Crippen LogP contribution in [-0.4, -0.2) is 46.5 Å². The molecule has 1 unspecified atom stereocenters. The zero-order valence-electron chi connectivity index (χ0n) is 10.1. The molecular weight excluding hydrogens is 216 g/mol. The highest BCUT2D eigenvalue weighted by Gasteiger charge is 2.21. The van der Waals surface area contributed by atoms with E-state index in [1.807, 2.05) is 20.8 Å². The summed E-state index contributed by atoms with van der Waals surface area (Å²) in [5.74, 6) is 0. The molecule has 0 saturated carbocycles. The van der Waals surface area contributed by atoms with Crippen molar-refractivity contribution in [3.05, 3.63) is 0 Å². The van der Waals surface area contributed by atoms with Gasteiger partial charge in [0.1, 0.15) is 0 Å². The van der Waals surface area contributed by atoms with Gasteiger partial charge >= 0.3 is 0 Å². The van der Waals surface area contributed by atoms with E-state index in [1.165, 1.54) is 0 Å². The molecule has 0 rings (SSSR count). The molecule has 0 bridgehead atoms. The van der Waals surface area contributed by atoms with Gasteiger partial charge in [0.15, 0.2) is 0 Å². The molecule has 0 aliphatic rings. The maximum absolute atomic E-state index is 11.0. The van der Waals surface area contributed by atoms with Crippen LogP contribution in [0.2, 0.25) is 0 Å². The summed E-state index contributed by atoms with van der Waals surface area (Å²) in [6.07, 6.45) is 1.28. The maximum atomic E-state index is 11.0. The number of methoxy groups -OCH3 is 1. The van der Waals surface area contributed by atoms with Crippen molar-refractivity contribution in [1.29, 1.82) is 0 Å². The third-order valence-electron chi connectivity index (χ3n) is 1.86. The van der Waals surface area contributed by atoms with Crippen LogP contribution in [0.15, 0.2) is 0 Å². The summed E-state index contributed by atoms with van der Waals surface area (Å²) in [5.41, 5.74) is -0.485. The Balaban J connectivity index is 3.95. The molecule has 0 saturated heterocycles. The second kappa shape index (κ2) is 5.79. The highest BCUT2D eigenvalue weighted by Crippen LogP contribution is 2.01. The molecule has 0 heterocycles. The topological polar surface area (TPSA) is 67.4 Å². The van der Waals surface area contributed by atoms with E-state index in [0.717, 1.165) is 6.26 Å². The van der Waals surface area contributed by atoms with Crippen LogP contribution in [0.4, 0.5) is 0 Å². The first-order valence-electron chi connectivity index (χ1n) is 4.89. The molecule has 1 atom stereocenters. The van der Waals surface area contributed by atoms with Crippen molar-refractivity contribution in [3.63, 3.8) is 0 Å². The zero-order chi connectivity index (χ0) is 12.1. The Morgan fingerprint density at radius 2 is 1.93 bits per heavy atom. The SMILES string of the molecule is COC(C)CNCC(C)(C)NS(C)(=O)=O. The Bertz CT molecular complexity index is 275.